The number of nitrogens with zero attached hydrogens (tertiary/aromatic N) is 4. The Balaban J connectivity index is 1.59. The van der Waals surface area contributed by atoms with Gasteiger partial charge in [-0.3, -0.25) is 4.79 Å². The maximum absolute atomic E-state index is 15.0. The molecule has 1 amide bonds. The van der Waals surface area contributed by atoms with Crippen LogP contribution in [0.25, 0.3) is 0 Å². The fraction of sp³-hybridized carbons (Fsp3) is 0.400. The summed E-state index contributed by atoms with van der Waals surface area (Å²) >= 11 is 0. The highest BCUT2D eigenvalue weighted by Crippen LogP contribution is 2.49. The first-order chi connectivity index (χ1) is 16.3. The van der Waals surface area contributed by atoms with Gasteiger partial charge in [-0.2, -0.15) is 13.2 Å². The summed E-state index contributed by atoms with van der Waals surface area (Å²) < 4.78 is 82.9. The minimum absolute atomic E-state index is 0.0283. The number of nitrogens with two attached hydrogens (primary N) is 1. The first-order valence-corrected chi connectivity index (χ1v) is 11.8. The van der Waals surface area contributed by atoms with Gasteiger partial charge in [-0.1, -0.05) is 0 Å². The highest BCUT2D eigenvalue weighted by molar-refractivity contribution is 7.90. The third kappa shape index (κ3) is 4.59. The number of ether oxygens (including phenoxy) is 1. The Morgan fingerprint density at radius 1 is 1.31 bits per heavy atom. The van der Waals surface area contributed by atoms with Crippen LogP contribution in [0.3, 0.4) is 0 Å². The average Bonchev–Trinajstić information content (AvgIpc) is 3.23. The van der Waals surface area contributed by atoms with Crippen molar-refractivity contribution in [3.05, 3.63) is 47.7 Å². The molecule has 1 aromatic heterocycles. The predicted molar refractivity (Wildman–Crippen MR) is 116 cm³/mol. The molecule has 15 heteroatoms. The molecule has 0 radical (unpaired) electrons. The van der Waals surface area contributed by atoms with E-state index < -0.39 is 51.2 Å². The molecule has 1 aliphatic carbocycles. The van der Waals surface area contributed by atoms with Gasteiger partial charge in [0.05, 0.1) is 12.4 Å². The molecule has 2 aliphatic rings. The van der Waals surface area contributed by atoms with Crippen molar-refractivity contribution < 1.29 is 35.5 Å². The van der Waals surface area contributed by atoms with Crippen LogP contribution in [0, 0.1) is 5.82 Å². The van der Waals surface area contributed by atoms with E-state index in [1.807, 2.05) is 0 Å². The van der Waals surface area contributed by atoms with Gasteiger partial charge in [0.25, 0.3) is 5.91 Å². The van der Waals surface area contributed by atoms with Crippen molar-refractivity contribution in [2.24, 2.45) is 10.7 Å². The Labute approximate surface area is 197 Å². The van der Waals surface area contributed by atoms with Gasteiger partial charge in [0, 0.05) is 18.3 Å². The number of hydrogen-bond acceptors (Lipinski definition) is 8. The zero-order valence-electron chi connectivity index (χ0n) is 18.2. The maximum Gasteiger partial charge on any atom is 0.422 e. The lowest BCUT2D eigenvalue weighted by Gasteiger charge is -2.39. The number of amides is 1. The van der Waals surface area contributed by atoms with Crippen LogP contribution in [-0.2, 0) is 15.6 Å². The zero-order valence-corrected chi connectivity index (χ0v) is 19.0. The van der Waals surface area contributed by atoms with Crippen molar-refractivity contribution in [2.75, 3.05) is 19.0 Å². The Morgan fingerprint density at radius 2 is 2.06 bits per heavy atom. The van der Waals surface area contributed by atoms with Crippen molar-refractivity contribution in [3.8, 4) is 5.88 Å². The van der Waals surface area contributed by atoms with Crippen LogP contribution in [0.5, 0.6) is 5.88 Å². The first-order valence-electron chi connectivity index (χ1n) is 10.3. The molecular formula is C20H20F4N6O4S. The number of aromatic nitrogens is 2. The summed E-state index contributed by atoms with van der Waals surface area (Å²) in [4.78, 5) is 24.3. The van der Waals surface area contributed by atoms with E-state index in [1.54, 1.807) is 0 Å². The van der Waals surface area contributed by atoms with Gasteiger partial charge >= 0.3 is 6.18 Å². The summed E-state index contributed by atoms with van der Waals surface area (Å²) in [6, 6.07) is 3.63. The molecule has 0 saturated heterocycles. The summed E-state index contributed by atoms with van der Waals surface area (Å²) in [5.74, 6) is -2.18. The molecule has 1 aliphatic heterocycles. The van der Waals surface area contributed by atoms with Crippen molar-refractivity contribution in [2.45, 2.75) is 36.2 Å². The second kappa shape index (κ2) is 8.62. The number of rotatable bonds is 5. The number of carbonyl (C=O) groups is 1. The van der Waals surface area contributed by atoms with E-state index >= 15 is 0 Å². The van der Waals surface area contributed by atoms with E-state index in [2.05, 4.69) is 25.0 Å². The number of hydrogen-bond donors (Lipinski definition) is 2. The largest absolute Gasteiger partial charge is 0.467 e. The summed E-state index contributed by atoms with van der Waals surface area (Å²) in [6.45, 7) is -1.56. The first kappa shape index (κ1) is 24.6. The van der Waals surface area contributed by atoms with E-state index in [0.717, 1.165) is 22.8 Å². The van der Waals surface area contributed by atoms with Gasteiger partial charge < -0.3 is 15.8 Å². The van der Waals surface area contributed by atoms with Crippen LogP contribution in [0.15, 0.2) is 35.6 Å². The van der Waals surface area contributed by atoms with Crippen LogP contribution >= 0.6 is 0 Å². The molecule has 35 heavy (non-hydrogen) atoms. The van der Waals surface area contributed by atoms with Gasteiger partial charge in [-0.15, -0.1) is 0 Å². The monoisotopic (exact) mass is 516 g/mol. The quantitative estimate of drug-likeness (QED) is 0.581. The normalized spacial score (nSPS) is 23.4. The molecule has 1 saturated carbocycles. The molecule has 0 bridgehead atoms. The SMILES string of the molecule is CN1C(N)=N[C@@]2(c3cc(NC(=O)c4cnc(OCC(F)(F)F)cn4)ccc3F)CCC[C@H]2S1(=O)=O. The lowest BCUT2D eigenvalue weighted by atomic mass is 9.87. The fourth-order valence-electron chi connectivity index (χ4n) is 4.24. The van der Waals surface area contributed by atoms with E-state index in [0.29, 0.717) is 6.42 Å². The molecule has 4 rings (SSSR count). The van der Waals surface area contributed by atoms with Crippen LogP contribution < -0.4 is 15.8 Å². The molecule has 188 valence electrons. The average molecular weight is 516 g/mol. The summed E-state index contributed by atoms with van der Waals surface area (Å²) in [6.07, 6.45) is -1.80. The van der Waals surface area contributed by atoms with E-state index in [9.17, 15) is 30.8 Å². The van der Waals surface area contributed by atoms with E-state index in [4.69, 9.17) is 5.73 Å². The molecule has 1 fully saturated rings. The molecular weight excluding hydrogens is 496 g/mol. The number of fused-ring (bicyclic) bond motifs is 1. The Hall–Kier alpha value is -3.49. The summed E-state index contributed by atoms with van der Waals surface area (Å²) in [7, 11) is -2.60. The zero-order chi connectivity index (χ0) is 25.6. The van der Waals surface area contributed by atoms with E-state index in [1.165, 1.54) is 19.2 Å². The van der Waals surface area contributed by atoms with Crippen molar-refractivity contribution in [1.29, 1.82) is 0 Å². The number of guanidine groups is 1. The van der Waals surface area contributed by atoms with Gasteiger partial charge in [0.15, 0.2) is 6.61 Å². The number of halogens is 4. The number of benzene rings is 1. The maximum atomic E-state index is 15.0. The standard InChI is InChI=1S/C20H20F4N6O4S/c1-30-18(25)29-19(6-2-3-15(19)35(30,32)33)12-7-11(4-5-13(12)21)28-17(31)14-8-27-16(9-26-14)34-10-20(22,23)24/h4-5,7-9,15H,2-3,6,10H2,1H3,(H2,25,29)(H,28,31)/t15-,19-/m1/s1. The molecule has 3 N–H and O–H groups in total. The predicted octanol–water partition coefficient (Wildman–Crippen LogP) is 2.15. The Bertz CT molecular complexity index is 1290. The van der Waals surface area contributed by atoms with Crippen molar-refractivity contribution in [1.82, 2.24) is 14.3 Å². The van der Waals surface area contributed by atoms with Crippen molar-refractivity contribution >= 4 is 27.6 Å². The number of alkyl halides is 3. The van der Waals surface area contributed by atoms with Crippen LogP contribution in [0.2, 0.25) is 0 Å². The second-order valence-electron chi connectivity index (χ2n) is 8.08. The molecule has 2 aromatic rings. The highest BCUT2D eigenvalue weighted by atomic mass is 32.2. The number of anilines is 1. The molecule has 0 unspecified atom stereocenters. The van der Waals surface area contributed by atoms with Crippen LogP contribution in [-0.4, -0.2) is 59.6 Å². The summed E-state index contributed by atoms with van der Waals surface area (Å²) in [5.41, 5.74) is 4.26. The number of aliphatic imine (C=N–C) groups is 1. The van der Waals surface area contributed by atoms with Gasteiger partial charge in [-0.05, 0) is 37.5 Å². The second-order valence-corrected chi connectivity index (χ2v) is 10.2. The minimum Gasteiger partial charge on any atom is -0.467 e. The molecule has 10 nitrogen and oxygen atoms in total. The third-order valence-corrected chi connectivity index (χ3v) is 8.17. The van der Waals surface area contributed by atoms with E-state index in [-0.39, 0.29) is 35.7 Å². The third-order valence-electron chi connectivity index (χ3n) is 5.87. The number of carbonyl (C=O) groups excluding carboxylic acids is 1. The molecule has 2 atom stereocenters. The lowest BCUT2D eigenvalue weighted by molar-refractivity contribution is -0.154. The number of nitrogens with one attached hydrogen (secondary N) is 1. The van der Waals surface area contributed by atoms with Gasteiger partial charge in [0.1, 0.15) is 22.3 Å². The van der Waals surface area contributed by atoms with Gasteiger partial charge in [-0.25, -0.2) is 32.1 Å². The molecule has 0 spiro atoms. The topological polar surface area (TPSA) is 140 Å². The smallest absolute Gasteiger partial charge is 0.422 e. The summed E-state index contributed by atoms with van der Waals surface area (Å²) in [5, 5.41) is 1.46. The minimum atomic E-state index is -4.56. The fourth-order valence-corrected chi connectivity index (χ4v) is 6.18. The highest BCUT2D eigenvalue weighted by Gasteiger charge is 2.56. The Morgan fingerprint density at radius 3 is 2.71 bits per heavy atom. The Kier molecular flexibility index (Phi) is 6.07. The lowest BCUT2D eigenvalue weighted by Crippen LogP contribution is -2.55. The molecule has 2 heterocycles. The number of sulfonamides is 1. The van der Waals surface area contributed by atoms with Gasteiger partial charge in [0.2, 0.25) is 21.9 Å². The van der Waals surface area contributed by atoms with Crippen LogP contribution in [0.4, 0.5) is 23.2 Å². The molecule has 1 aromatic carbocycles. The van der Waals surface area contributed by atoms with Crippen LogP contribution in [0.1, 0.15) is 35.3 Å². The van der Waals surface area contributed by atoms with Crippen molar-refractivity contribution in [3.63, 3.8) is 0 Å².